The quantitative estimate of drug-likeness (QED) is 0.548. The fourth-order valence-corrected chi connectivity index (χ4v) is 3.21. The van der Waals surface area contributed by atoms with Gasteiger partial charge in [-0.25, -0.2) is 0 Å². The Kier molecular flexibility index (Phi) is 6.59. The third-order valence-corrected chi connectivity index (χ3v) is 4.71. The van der Waals surface area contributed by atoms with Crippen LogP contribution in [0, 0.1) is 0 Å². The molecule has 1 aliphatic heterocycles. The van der Waals surface area contributed by atoms with E-state index in [1.54, 1.807) is 13.3 Å². The van der Waals surface area contributed by atoms with Gasteiger partial charge >= 0.3 is 0 Å². The summed E-state index contributed by atoms with van der Waals surface area (Å²) in [5, 5.41) is 6.76. The largest absolute Gasteiger partial charge is 0.468 e. The Hall–Kier alpha value is -2.67. The molecule has 0 amide bonds. The van der Waals surface area contributed by atoms with Crippen molar-refractivity contribution < 1.29 is 13.9 Å². The van der Waals surface area contributed by atoms with E-state index in [1.165, 1.54) is 0 Å². The third kappa shape index (κ3) is 4.74. The summed E-state index contributed by atoms with van der Waals surface area (Å²) in [7, 11) is 1.77. The first-order chi connectivity index (χ1) is 13.2. The van der Waals surface area contributed by atoms with E-state index >= 15 is 0 Å². The van der Waals surface area contributed by atoms with Crippen LogP contribution in [-0.4, -0.2) is 44.3 Å². The molecule has 0 radical (unpaired) electrons. The molecule has 0 spiro atoms. The minimum Gasteiger partial charge on any atom is -0.468 e. The summed E-state index contributed by atoms with van der Waals surface area (Å²) in [4.78, 5) is 6.69. The number of nitrogens with one attached hydrogen (secondary N) is 2. The van der Waals surface area contributed by atoms with Crippen LogP contribution in [0.15, 0.2) is 46.0 Å². The van der Waals surface area contributed by atoms with E-state index < -0.39 is 0 Å². The zero-order valence-corrected chi connectivity index (χ0v) is 16.2. The number of furan rings is 1. The molecule has 0 saturated carbocycles. The number of aliphatic imine (C=N–C) groups is 1. The minimum atomic E-state index is 0.152. The molecule has 1 aliphatic rings. The summed E-state index contributed by atoms with van der Waals surface area (Å²) in [6.07, 6.45) is 1.72. The molecule has 0 saturated heterocycles. The van der Waals surface area contributed by atoms with Gasteiger partial charge in [0.2, 0.25) is 6.79 Å². The zero-order valence-electron chi connectivity index (χ0n) is 16.2. The van der Waals surface area contributed by atoms with E-state index in [2.05, 4.69) is 34.4 Å². The number of benzene rings is 1. The molecule has 2 aromatic rings. The lowest BCUT2D eigenvalue weighted by atomic mass is 10.2. The van der Waals surface area contributed by atoms with Crippen molar-refractivity contribution in [3.63, 3.8) is 0 Å². The average molecular weight is 372 g/mol. The molecule has 2 N–H and O–H groups in total. The Labute approximate surface area is 160 Å². The van der Waals surface area contributed by atoms with E-state index in [9.17, 15) is 0 Å². The van der Waals surface area contributed by atoms with Crippen LogP contribution in [-0.2, 0) is 6.54 Å². The summed E-state index contributed by atoms with van der Waals surface area (Å²) < 4.78 is 16.4. The summed E-state index contributed by atoms with van der Waals surface area (Å²) in [5.74, 6) is 3.28. The molecule has 3 rings (SSSR count). The van der Waals surface area contributed by atoms with Gasteiger partial charge in [0.05, 0.1) is 12.3 Å². The summed E-state index contributed by atoms with van der Waals surface area (Å²) in [6, 6.07) is 10.0. The fourth-order valence-electron chi connectivity index (χ4n) is 3.21. The molecule has 1 unspecified atom stereocenters. The zero-order chi connectivity index (χ0) is 19.1. The van der Waals surface area contributed by atoms with Gasteiger partial charge in [0.25, 0.3) is 0 Å². The Balaban J connectivity index is 1.57. The monoisotopic (exact) mass is 372 g/mol. The smallest absolute Gasteiger partial charge is 0.231 e. The van der Waals surface area contributed by atoms with Crippen molar-refractivity contribution in [2.45, 2.75) is 26.4 Å². The molecular formula is C20H28N4O3. The maximum absolute atomic E-state index is 5.65. The molecule has 27 heavy (non-hydrogen) atoms. The molecule has 146 valence electrons. The van der Waals surface area contributed by atoms with Crippen LogP contribution in [0.4, 0.5) is 0 Å². The van der Waals surface area contributed by atoms with E-state index in [0.29, 0.717) is 13.1 Å². The molecule has 0 aliphatic carbocycles. The number of hydrogen-bond donors (Lipinski definition) is 2. The number of ether oxygens (including phenoxy) is 2. The molecule has 7 nitrogen and oxygen atoms in total. The van der Waals surface area contributed by atoms with Crippen LogP contribution >= 0.6 is 0 Å². The molecular weight excluding hydrogens is 344 g/mol. The van der Waals surface area contributed by atoms with Gasteiger partial charge in [-0.05, 0) is 42.9 Å². The highest BCUT2D eigenvalue weighted by Crippen LogP contribution is 2.32. The second-order valence-corrected chi connectivity index (χ2v) is 6.25. The Bertz CT molecular complexity index is 742. The molecule has 2 heterocycles. The van der Waals surface area contributed by atoms with Gasteiger partial charge in [0.1, 0.15) is 5.76 Å². The van der Waals surface area contributed by atoms with Gasteiger partial charge in [-0.1, -0.05) is 19.9 Å². The summed E-state index contributed by atoms with van der Waals surface area (Å²) >= 11 is 0. The van der Waals surface area contributed by atoms with Gasteiger partial charge in [-0.3, -0.25) is 9.89 Å². The molecule has 1 aromatic heterocycles. The number of hydrogen-bond acceptors (Lipinski definition) is 5. The highest BCUT2D eigenvalue weighted by molar-refractivity contribution is 5.79. The van der Waals surface area contributed by atoms with Gasteiger partial charge in [-0.15, -0.1) is 0 Å². The van der Waals surface area contributed by atoms with Crippen LogP contribution in [0.5, 0.6) is 11.5 Å². The summed E-state index contributed by atoms with van der Waals surface area (Å²) in [5.41, 5.74) is 1.11. The van der Waals surface area contributed by atoms with Crippen LogP contribution in [0.2, 0.25) is 0 Å². The molecule has 0 fully saturated rings. The number of likely N-dealkylation sites (N-methyl/N-ethyl adjacent to an activating group) is 1. The number of nitrogens with zero attached hydrogens (tertiary/aromatic N) is 2. The average Bonchev–Trinajstić information content (AvgIpc) is 3.38. The van der Waals surface area contributed by atoms with Gasteiger partial charge in [-0.2, -0.15) is 0 Å². The first-order valence-electron chi connectivity index (χ1n) is 9.35. The highest BCUT2D eigenvalue weighted by atomic mass is 16.7. The second kappa shape index (κ2) is 9.32. The van der Waals surface area contributed by atoms with E-state index in [4.69, 9.17) is 13.9 Å². The van der Waals surface area contributed by atoms with Crippen molar-refractivity contribution >= 4 is 5.96 Å². The Morgan fingerprint density at radius 3 is 2.67 bits per heavy atom. The Morgan fingerprint density at radius 2 is 1.96 bits per heavy atom. The maximum Gasteiger partial charge on any atom is 0.231 e. The lowest BCUT2D eigenvalue weighted by Gasteiger charge is -2.28. The van der Waals surface area contributed by atoms with Crippen molar-refractivity contribution in [2.75, 3.05) is 33.5 Å². The van der Waals surface area contributed by atoms with Crippen molar-refractivity contribution in [3.05, 3.63) is 47.9 Å². The van der Waals surface area contributed by atoms with E-state index in [0.717, 1.165) is 41.9 Å². The standard InChI is InChI=1S/C20H28N4O3/c1-4-24(5-2)16(17-7-6-10-25-17)13-23-20(21-3)22-12-15-8-9-18-19(11-15)27-14-26-18/h6-11,16H,4-5,12-14H2,1-3H3,(H2,21,22,23). The molecule has 7 heteroatoms. The highest BCUT2D eigenvalue weighted by Gasteiger charge is 2.21. The second-order valence-electron chi connectivity index (χ2n) is 6.25. The first-order valence-corrected chi connectivity index (χ1v) is 9.35. The van der Waals surface area contributed by atoms with Crippen LogP contribution in [0.25, 0.3) is 0 Å². The summed E-state index contributed by atoms with van der Waals surface area (Å²) in [6.45, 7) is 7.86. The SMILES string of the molecule is CCN(CC)C(CNC(=NC)NCc1ccc2c(c1)OCO2)c1ccco1. The van der Waals surface area contributed by atoms with Crippen LogP contribution in [0.1, 0.15) is 31.2 Å². The normalized spacial score (nSPS) is 14.4. The number of rotatable bonds is 8. The van der Waals surface area contributed by atoms with Gasteiger partial charge < -0.3 is 24.5 Å². The molecule has 1 aromatic carbocycles. The van der Waals surface area contributed by atoms with E-state index in [1.807, 2.05) is 30.3 Å². The lowest BCUT2D eigenvalue weighted by molar-refractivity contribution is 0.174. The molecule has 0 bridgehead atoms. The predicted octanol–water partition coefficient (Wildman–Crippen LogP) is 2.76. The van der Waals surface area contributed by atoms with Crippen molar-refractivity contribution in [1.82, 2.24) is 15.5 Å². The number of guanidine groups is 1. The topological polar surface area (TPSA) is 71.3 Å². The third-order valence-electron chi connectivity index (χ3n) is 4.71. The Morgan fingerprint density at radius 1 is 1.15 bits per heavy atom. The van der Waals surface area contributed by atoms with Crippen LogP contribution in [0.3, 0.4) is 0 Å². The van der Waals surface area contributed by atoms with Crippen molar-refractivity contribution in [1.29, 1.82) is 0 Å². The fraction of sp³-hybridized carbons (Fsp3) is 0.450. The van der Waals surface area contributed by atoms with Gasteiger partial charge in [0.15, 0.2) is 17.5 Å². The number of fused-ring (bicyclic) bond motifs is 1. The van der Waals surface area contributed by atoms with Gasteiger partial charge in [0, 0.05) is 20.1 Å². The predicted molar refractivity (Wildman–Crippen MR) is 105 cm³/mol. The van der Waals surface area contributed by atoms with Crippen molar-refractivity contribution in [2.24, 2.45) is 4.99 Å². The maximum atomic E-state index is 5.65. The van der Waals surface area contributed by atoms with Crippen molar-refractivity contribution in [3.8, 4) is 11.5 Å². The lowest BCUT2D eigenvalue weighted by Crippen LogP contribution is -2.42. The molecule has 1 atom stereocenters. The first kappa shape index (κ1) is 19.1. The minimum absolute atomic E-state index is 0.152. The van der Waals surface area contributed by atoms with Crippen LogP contribution < -0.4 is 20.1 Å². The van der Waals surface area contributed by atoms with E-state index in [-0.39, 0.29) is 12.8 Å².